The molecule has 1 aromatic heterocycles. The summed E-state index contributed by atoms with van der Waals surface area (Å²) in [5.74, 6) is -1.96. The molecule has 0 radical (unpaired) electrons. The summed E-state index contributed by atoms with van der Waals surface area (Å²) >= 11 is 3.07. The number of hydrogen-bond donors (Lipinski definition) is 0. The van der Waals surface area contributed by atoms with E-state index in [1.807, 2.05) is 0 Å². The molecule has 0 amide bonds. The first kappa shape index (κ1) is 15.5. The van der Waals surface area contributed by atoms with Crippen LogP contribution < -0.4 is 9.47 Å². The van der Waals surface area contributed by atoms with E-state index < -0.39 is 18.1 Å². The van der Waals surface area contributed by atoms with Crippen molar-refractivity contribution in [2.24, 2.45) is 0 Å². The second kappa shape index (κ2) is 6.09. The SMILES string of the molecule is COC(=O)c1c(CBr)ncc(OC(F)(F)F)c1OC. The monoisotopic (exact) mass is 343 g/mol. The molecule has 1 aromatic rings. The molecular formula is C10H9BrF3NO4. The first-order valence-electron chi connectivity index (χ1n) is 4.80. The van der Waals surface area contributed by atoms with Crippen molar-refractivity contribution in [2.75, 3.05) is 14.2 Å². The Hall–Kier alpha value is -1.51. The standard InChI is InChI=1S/C10H9BrF3NO4/c1-17-8-6(19-10(12,13)14)4-15-5(3-11)7(8)9(16)18-2/h4H,3H2,1-2H3. The molecule has 1 heterocycles. The summed E-state index contributed by atoms with van der Waals surface area (Å²) in [7, 11) is 2.21. The van der Waals surface area contributed by atoms with Gasteiger partial charge in [-0.3, -0.25) is 4.98 Å². The topological polar surface area (TPSA) is 57.7 Å². The number of carbonyl (C=O) groups is 1. The molecule has 9 heteroatoms. The van der Waals surface area contributed by atoms with E-state index in [9.17, 15) is 18.0 Å². The molecule has 0 aliphatic rings. The van der Waals surface area contributed by atoms with Gasteiger partial charge in [-0.05, 0) is 0 Å². The van der Waals surface area contributed by atoms with E-state index in [1.165, 1.54) is 0 Å². The van der Waals surface area contributed by atoms with E-state index in [0.29, 0.717) is 0 Å². The number of methoxy groups -OCH3 is 2. The zero-order valence-electron chi connectivity index (χ0n) is 9.88. The number of rotatable bonds is 4. The summed E-state index contributed by atoms with van der Waals surface area (Å²) in [5.41, 5.74) is -0.0400. The summed E-state index contributed by atoms with van der Waals surface area (Å²) in [4.78, 5) is 15.3. The molecule has 0 aliphatic heterocycles. The summed E-state index contributed by atoms with van der Waals surface area (Å²) < 4.78 is 49.7. The highest BCUT2D eigenvalue weighted by atomic mass is 79.9. The van der Waals surface area contributed by atoms with E-state index in [-0.39, 0.29) is 22.3 Å². The largest absolute Gasteiger partial charge is 0.573 e. The molecule has 0 saturated carbocycles. The van der Waals surface area contributed by atoms with Gasteiger partial charge in [0, 0.05) is 5.33 Å². The number of ether oxygens (including phenoxy) is 3. The number of halogens is 4. The fraction of sp³-hybridized carbons (Fsp3) is 0.400. The Morgan fingerprint density at radius 3 is 2.47 bits per heavy atom. The van der Waals surface area contributed by atoms with Gasteiger partial charge in [0.25, 0.3) is 0 Å². The van der Waals surface area contributed by atoms with Crippen molar-refractivity contribution in [3.8, 4) is 11.5 Å². The highest BCUT2D eigenvalue weighted by Gasteiger charge is 2.34. The molecule has 0 atom stereocenters. The lowest BCUT2D eigenvalue weighted by molar-refractivity contribution is -0.275. The molecule has 106 valence electrons. The summed E-state index contributed by atoms with van der Waals surface area (Å²) in [6.45, 7) is 0. The van der Waals surface area contributed by atoms with Crippen LogP contribution in [0.4, 0.5) is 13.2 Å². The van der Waals surface area contributed by atoms with Crippen LogP contribution in [0.15, 0.2) is 6.20 Å². The normalized spacial score (nSPS) is 11.1. The molecule has 0 fully saturated rings. The van der Waals surface area contributed by atoms with Crippen molar-refractivity contribution >= 4 is 21.9 Å². The molecule has 1 rings (SSSR count). The van der Waals surface area contributed by atoms with Crippen molar-refractivity contribution in [3.05, 3.63) is 17.5 Å². The van der Waals surface area contributed by atoms with E-state index >= 15 is 0 Å². The lowest BCUT2D eigenvalue weighted by Crippen LogP contribution is -2.19. The molecule has 0 spiro atoms. The maximum Gasteiger partial charge on any atom is 0.573 e. The summed E-state index contributed by atoms with van der Waals surface area (Å²) in [6, 6.07) is 0. The van der Waals surface area contributed by atoms with Crippen molar-refractivity contribution in [1.82, 2.24) is 4.98 Å². The van der Waals surface area contributed by atoms with Crippen LogP contribution in [0, 0.1) is 0 Å². The Morgan fingerprint density at radius 1 is 1.42 bits per heavy atom. The van der Waals surface area contributed by atoms with Crippen LogP contribution in [0.3, 0.4) is 0 Å². The Kier molecular flexibility index (Phi) is 4.98. The van der Waals surface area contributed by atoms with E-state index in [0.717, 1.165) is 20.4 Å². The zero-order valence-corrected chi connectivity index (χ0v) is 11.5. The molecule has 19 heavy (non-hydrogen) atoms. The molecule has 0 aromatic carbocycles. The van der Waals surface area contributed by atoms with Gasteiger partial charge in [0.15, 0.2) is 11.5 Å². The lowest BCUT2D eigenvalue weighted by atomic mass is 10.2. The van der Waals surface area contributed by atoms with Crippen molar-refractivity contribution < 1.29 is 32.2 Å². The smallest absolute Gasteiger partial charge is 0.492 e. The number of nitrogens with zero attached hydrogens (tertiary/aromatic N) is 1. The molecule has 0 aliphatic carbocycles. The average molecular weight is 344 g/mol. The average Bonchev–Trinajstić information content (AvgIpc) is 2.35. The third kappa shape index (κ3) is 3.72. The molecule has 0 N–H and O–H groups in total. The highest BCUT2D eigenvalue weighted by Crippen LogP contribution is 2.36. The van der Waals surface area contributed by atoms with Gasteiger partial charge >= 0.3 is 12.3 Å². The fourth-order valence-corrected chi connectivity index (χ4v) is 1.75. The Balaban J connectivity index is 3.40. The fourth-order valence-electron chi connectivity index (χ4n) is 1.33. The highest BCUT2D eigenvalue weighted by molar-refractivity contribution is 9.08. The predicted octanol–water partition coefficient (Wildman–Crippen LogP) is 2.67. The van der Waals surface area contributed by atoms with Crippen molar-refractivity contribution in [1.29, 1.82) is 0 Å². The minimum atomic E-state index is -4.92. The zero-order chi connectivity index (χ0) is 14.6. The van der Waals surface area contributed by atoms with Crippen LogP contribution in [0.1, 0.15) is 16.1 Å². The van der Waals surface area contributed by atoms with Crippen LogP contribution in [0.25, 0.3) is 0 Å². The second-order valence-corrected chi connectivity index (χ2v) is 3.71. The minimum Gasteiger partial charge on any atom is -0.492 e. The minimum absolute atomic E-state index is 0.139. The molecule has 5 nitrogen and oxygen atoms in total. The molecule has 0 saturated heterocycles. The summed E-state index contributed by atoms with van der Waals surface area (Å²) in [6.07, 6.45) is -4.09. The quantitative estimate of drug-likeness (QED) is 0.621. The van der Waals surface area contributed by atoms with Crippen LogP contribution in [-0.4, -0.2) is 31.5 Å². The van der Waals surface area contributed by atoms with Gasteiger partial charge < -0.3 is 14.2 Å². The number of pyridine rings is 1. The van der Waals surface area contributed by atoms with Crippen LogP contribution in [0.2, 0.25) is 0 Å². The predicted molar refractivity (Wildman–Crippen MR) is 61.4 cm³/mol. The van der Waals surface area contributed by atoms with E-state index in [2.05, 4.69) is 30.4 Å². The Bertz CT molecular complexity index is 479. The first-order chi connectivity index (χ1) is 8.84. The van der Waals surface area contributed by atoms with Gasteiger partial charge in [-0.15, -0.1) is 13.2 Å². The number of carbonyl (C=O) groups excluding carboxylic acids is 1. The maximum absolute atomic E-state index is 12.2. The maximum atomic E-state index is 12.2. The van der Waals surface area contributed by atoms with Crippen molar-refractivity contribution in [2.45, 2.75) is 11.7 Å². The number of hydrogen-bond acceptors (Lipinski definition) is 5. The Labute approximate surface area is 114 Å². The van der Waals surface area contributed by atoms with Crippen LogP contribution in [-0.2, 0) is 10.1 Å². The summed E-state index contributed by atoms with van der Waals surface area (Å²) in [5, 5.41) is 0.139. The van der Waals surface area contributed by atoms with Gasteiger partial charge in [-0.2, -0.15) is 0 Å². The third-order valence-corrected chi connectivity index (χ3v) is 2.55. The van der Waals surface area contributed by atoms with Gasteiger partial charge in [-0.1, -0.05) is 15.9 Å². The van der Waals surface area contributed by atoms with Crippen LogP contribution >= 0.6 is 15.9 Å². The van der Waals surface area contributed by atoms with Gasteiger partial charge in [0.2, 0.25) is 0 Å². The number of esters is 1. The number of aromatic nitrogens is 1. The number of alkyl halides is 4. The van der Waals surface area contributed by atoms with Crippen molar-refractivity contribution in [3.63, 3.8) is 0 Å². The van der Waals surface area contributed by atoms with Gasteiger partial charge in [0.1, 0.15) is 5.56 Å². The van der Waals surface area contributed by atoms with Gasteiger partial charge in [-0.25, -0.2) is 4.79 Å². The molecule has 0 bridgehead atoms. The van der Waals surface area contributed by atoms with Gasteiger partial charge in [0.05, 0.1) is 26.1 Å². The lowest BCUT2D eigenvalue weighted by Gasteiger charge is -2.16. The van der Waals surface area contributed by atoms with E-state index in [4.69, 9.17) is 4.74 Å². The molecular weight excluding hydrogens is 335 g/mol. The second-order valence-electron chi connectivity index (χ2n) is 3.15. The third-order valence-electron chi connectivity index (χ3n) is 2.02. The van der Waals surface area contributed by atoms with Crippen LogP contribution in [0.5, 0.6) is 11.5 Å². The molecule has 0 unspecified atom stereocenters. The first-order valence-corrected chi connectivity index (χ1v) is 5.92. The Morgan fingerprint density at radius 2 is 2.05 bits per heavy atom. The van der Waals surface area contributed by atoms with E-state index in [1.54, 1.807) is 0 Å².